The molecule has 2 fully saturated rings. The molecule has 0 saturated carbocycles. The van der Waals surface area contributed by atoms with Crippen molar-refractivity contribution in [3.05, 3.63) is 69.7 Å². The third-order valence-electron chi connectivity index (χ3n) is 8.34. The fraction of sp³-hybridized carbons (Fsp3) is 0.519. The summed E-state index contributed by atoms with van der Waals surface area (Å²) < 4.78 is 0. The molecule has 2 saturated heterocycles. The monoisotopic (exact) mass is 472 g/mol. The van der Waals surface area contributed by atoms with E-state index in [2.05, 4.69) is 48.7 Å². The Bertz CT molecular complexity index is 838. The number of nitrogens with one attached hydrogen (secondary N) is 2. The van der Waals surface area contributed by atoms with Crippen molar-refractivity contribution in [2.45, 2.75) is 50.4 Å². The van der Waals surface area contributed by atoms with Crippen LogP contribution in [-0.4, -0.2) is 32.0 Å². The highest BCUT2D eigenvalue weighted by Gasteiger charge is 2.48. The third kappa shape index (κ3) is 4.37. The Labute approximate surface area is 202 Å². The first-order valence-corrected chi connectivity index (χ1v) is 12.6. The summed E-state index contributed by atoms with van der Waals surface area (Å²) in [5, 5.41) is 8.45. The minimum Gasteiger partial charge on any atom is -0.317 e. The molecule has 0 aromatic heterocycles. The van der Waals surface area contributed by atoms with Crippen molar-refractivity contribution < 1.29 is 4.79 Å². The summed E-state index contributed by atoms with van der Waals surface area (Å²) in [6.45, 7) is 8.05. The summed E-state index contributed by atoms with van der Waals surface area (Å²) in [6.07, 6.45) is 3.85. The Kier molecular flexibility index (Phi) is 7.31. The summed E-state index contributed by atoms with van der Waals surface area (Å²) in [4.78, 5) is 14.2. The highest BCUT2D eigenvalue weighted by Crippen LogP contribution is 2.47. The van der Waals surface area contributed by atoms with E-state index in [1.54, 1.807) is 0 Å². The molecule has 5 heteroatoms. The lowest BCUT2D eigenvalue weighted by molar-refractivity contribution is -0.131. The normalized spacial score (nSPS) is 22.1. The molecule has 2 aliphatic heterocycles. The zero-order valence-electron chi connectivity index (χ0n) is 19.1. The maximum Gasteiger partial charge on any atom is 0.140 e. The summed E-state index contributed by atoms with van der Waals surface area (Å²) in [6, 6.07) is 16.4. The Morgan fingerprint density at radius 2 is 1.00 bits per heavy atom. The predicted octanol–water partition coefficient (Wildman–Crippen LogP) is 5.78. The quantitative estimate of drug-likeness (QED) is 0.559. The molecule has 0 spiro atoms. The lowest BCUT2D eigenvalue weighted by Gasteiger charge is -2.47. The lowest BCUT2D eigenvalue weighted by Crippen LogP contribution is -2.52. The van der Waals surface area contributed by atoms with E-state index in [-0.39, 0.29) is 22.7 Å². The van der Waals surface area contributed by atoms with Gasteiger partial charge in [0, 0.05) is 32.7 Å². The van der Waals surface area contributed by atoms with Crippen LogP contribution in [0, 0.1) is 11.8 Å². The van der Waals surface area contributed by atoms with Crippen molar-refractivity contribution in [1.82, 2.24) is 10.6 Å². The smallest absolute Gasteiger partial charge is 0.140 e. The van der Waals surface area contributed by atoms with Crippen LogP contribution >= 0.6 is 23.2 Å². The molecule has 0 amide bonds. The number of ketones is 1. The van der Waals surface area contributed by atoms with Gasteiger partial charge >= 0.3 is 0 Å². The summed E-state index contributed by atoms with van der Waals surface area (Å²) >= 11 is 12.4. The van der Waals surface area contributed by atoms with Crippen molar-refractivity contribution in [1.29, 1.82) is 0 Å². The highest BCUT2D eigenvalue weighted by atomic mass is 35.5. The molecule has 2 N–H and O–H groups in total. The molecule has 0 aliphatic carbocycles. The van der Waals surface area contributed by atoms with E-state index in [9.17, 15) is 4.79 Å². The molecule has 4 rings (SSSR count). The van der Waals surface area contributed by atoms with E-state index in [0.717, 1.165) is 61.9 Å². The fourth-order valence-electron chi connectivity index (χ4n) is 6.17. The number of carbonyl (C=O) groups is 1. The molecule has 2 heterocycles. The Morgan fingerprint density at radius 3 is 1.31 bits per heavy atom. The number of halogens is 2. The van der Waals surface area contributed by atoms with Crippen molar-refractivity contribution >= 4 is 29.0 Å². The van der Waals surface area contributed by atoms with Crippen LogP contribution in [-0.2, 0) is 15.6 Å². The summed E-state index contributed by atoms with van der Waals surface area (Å²) in [5.74, 6) is 0.235. The van der Waals surface area contributed by atoms with Gasteiger partial charge in [-0.2, -0.15) is 0 Å². The van der Waals surface area contributed by atoms with Crippen LogP contribution in [0.1, 0.15) is 50.7 Å². The average Bonchev–Trinajstić information content (AvgIpc) is 2.84. The predicted molar refractivity (Wildman–Crippen MR) is 134 cm³/mol. The second-order valence-electron chi connectivity index (χ2n) is 9.67. The number of carbonyl (C=O) groups excluding carboxylic acids is 1. The molecule has 2 aromatic carbocycles. The van der Waals surface area contributed by atoms with E-state index in [1.807, 2.05) is 24.3 Å². The number of benzene rings is 2. The zero-order chi connectivity index (χ0) is 22.8. The van der Waals surface area contributed by atoms with Crippen molar-refractivity contribution in [2.75, 3.05) is 26.2 Å². The Morgan fingerprint density at radius 1 is 0.688 bits per heavy atom. The second kappa shape index (κ2) is 9.85. The molecule has 2 unspecified atom stereocenters. The van der Waals surface area contributed by atoms with E-state index in [0.29, 0.717) is 5.78 Å². The SMILES string of the molecule is CC(C(=O)C(C)C1(c2ccc(Cl)cc2)CCNCC1)C1(c2ccc(Cl)cc2)CCNCC1. The van der Waals surface area contributed by atoms with Crippen LogP contribution in [0.15, 0.2) is 48.5 Å². The van der Waals surface area contributed by atoms with Gasteiger partial charge in [-0.15, -0.1) is 0 Å². The molecular formula is C27H34Cl2N2O. The topological polar surface area (TPSA) is 41.1 Å². The van der Waals surface area contributed by atoms with Gasteiger partial charge in [0.15, 0.2) is 0 Å². The van der Waals surface area contributed by atoms with Crippen molar-refractivity contribution in [3.8, 4) is 0 Å². The third-order valence-corrected chi connectivity index (χ3v) is 8.85. The Hall–Kier alpha value is -1.39. The van der Waals surface area contributed by atoms with E-state index >= 15 is 0 Å². The van der Waals surface area contributed by atoms with Crippen LogP contribution < -0.4 is 10.6 Å². The molecule has 0 radical (unpaired) electrons. The van der Waals surface area contributed by atoms with Gasteiger partial charge in [-0.1, -0.05) is 61.3 Å². The van der Waals surface area contributed by atoms with Crippen molar-refractivity contribution in [2.24, 2.45) is 11.8 Å². The van der Waals surface area contributed by atoms with E-state index in [1.165, 1.54) is 11.1 Å². The maximum absolute atomic E-state index is 14.2. The van der Waals surface area contributed by atoms with Gasteiger partial charge in [0.05, 0.1) is 0 Å². The highest BCUT2D eigenvalue weighted by molar-refractivity contribution is 6.30. The van der Waals surface area contributed by atoms with Crippen LogP contribution in [0.5, 0.6) is 0 Å². The summed E-state index contributed by atoms with van der Waals surface area (Å²) in [5.41, 5.74) is 2.16. The zero-order valence-corrected chi connectivity index (χ0v) is 20.6. The number of hydrogen-bond acceptors (Lipinski definition) is 3. The number of piperidine rings is 2. The molecule has 2 aliphatic rings. The van der Waals surface area contributed by atoms with Gasteiger partial charge in [0.1, 0.15) is 5.78 Å². The molecule has 0 bridgehead atoms. The molecular weight excluding hydrogens is 439 g/mol. The fourth-order valence-corrected chi connectivity index (χ4v) is 6.42. The molecule has 172 valence electrons. The minimum atomic E-state index is -0.157. The molecule has 2 aromatic rings. The maximum atomic E-state index is 14.2. The van der Waals surface area contributed by atoms with Crippen LogP contribution in [0.2, 0.25) is 10.0 Å². The number of rotatable bonds is 6. The van der Waals surface area contributed by atoms with Crippen LogP contribution in [0.4, 0.5) is 0 Å². The number of hydrogen-bond donors (Lipinski definition) is 2. The van der Waals surface area contributed by atoms with E-state index < -0.39 is 0 Å². The molecule has 3 nitrogen and oxygen atoms in total. The number of Topliss-reactive ketones (excluding diaryl/α,β-unsaturated/α-hetero) is 1. The van der Waals surface area contributed by atoms with Gasteiger partial charge in [-0.3, -0.25) is 4.79 Å². The first-order valence-electron chi connectivity index (χ1n) is 11.9. The van der Waals surface area contributed by atoms with Crippen LogP contribution in [0.3, 0.4) is 0 Å². The standard InChI is InChI=1S/C27H34Cl2N2O/c1-19(26(11-15-30-16-12-26)21-3-7-23(28)8-4-21)25(32)20(2)27(13-17-31-18-14-27)22-5-9-24(29)10-6-22/h3-10,19-20,30-31H,11-18H2,1-2H3. The molecule has 32 heavy (non-hydrogen) atoms. The average molecular weight is 473 g/mol. The minimum absolute atomic E-state index is 0.0696. The first-order chi connectivity index (χ1) is 15.4. The lowest BCUT2D eigenvalue weighted by atomic mass is 9.57. The first kappa shape index (κ1) is 23.8. The van der Waals surface area contributed by atoms with Gasteiger partial charge < -0.3 is 10.6 Å². The van der Waals surface area contributed by atoms with Crippen LogP contribution in [0.25, 0.3) is 0 Å². The Balaban J connectivity index is 1.69. The van der Waals surface area contributed by atoms with Crippen molar-refractivity contribution in [3.63, 3.8) is 0 Å². The van der Waals surface area contributed by atoms with Gasteiger partial charge in [0.25, 0.3) is 0 Å². The van der Waals surface area contributed by atoms with Gasteiger partial charge in [-0.25, -0.2) is 0 Å². The summed E-state index contributed by atoms with van der Waals surface area (Å²) in [7, 11) is 0. The largest absolute Gasteiger partial charge is 0.317 e. The molecule has 2 atom stereocenters. The van der Waals surface area contributed by atoms with E-state index in [4.69, 9.17) is 23.2 Å². The van der Waals surface area contributed by atoms with Gasteiger partial charge in [-0.05, 0) is 87.3 Å². The van der Waals surface area contributed by atoms with Gasteiger partial charge in [0.2, 0.25) is 0 Å². The second-order valence-corrected chi connectivity index (χ2v) is 10.5.